The van der Waals surface area contributed by atoms with Crippen LogP contribution in [0, 0.1) is 0 Å². The number of hydrogen-bond donors (Lipinski definition) is 0. The van der Waals surface area contributed by atoms with Crippen LogP contribution < -0.4 is 0 Å². The summed E-state index contributed by atoms with van der Waals surface area (Å²) in [7, 11) is 0. The summed E-state index contributed by atoms with van der Waals surface area (Å²) in [6.07, 6.45) is 0. The minimum Gasteiger partial charge on any atom is -0.0616 e. The number of rotatable bonds is 2. The SMILES string of the molecule is CC1(C)c2cc(-c3ccc(-c4cccc5ccccc45)c4ccccc34)ccc2-c2cc3c4ccccc4c4ccccc4c3cc21. The second-order valence-electron chi connectivity index (χ2n) is 13.7. The Morgan fingerprint density at radius 2 is 0.766 bits per heavy atom. The van der Waals surface area contributed by atoms with Crippen LogP contribution in [0.3, 0.4) is 0 Å². The highest BCUT2D eigenvalue weighted by molar-refractivity contribution is 6.26. The van der Waals surface area contributed by atoms with Gasteiger partial charge in [-0.3, -0.25) is 0 Å². The van der Waals surface area contributed by atoms with Gasteiger partial charge < -0.3 is 0 Å². The van der Waals surface area contributed by atoms with E-state index in [1.165, 1.54) is 98.4 Å². The van der Waals surface area contributed by atoms with Gasteiger partial charge in [-0.05, 0) is 117 Å². The molecule has 0 N–H and O–H groups in total. The second-order valence-corrected chi connectivity index (χ2v) is 13.7. The lowest BCUT2D eigenvalue weighted by molar-refractivity contribution is 0.661. The molecule has 0 aromatic heterocycles. The first-order valence-electron chi connectivity index (χ1n) is 16.6. The summed E-state index contributed by atoms with van der Waals surface area (Å²) in [5, 5.41) is 13.1. The largest absolute Gasteiger partial charge is 0.0616 e. The monoisotopic (exact) mass is 596 g/mol. The third kappa shape index (κ3) is 3.70. The van der Waals surface area contributed by atoms with E-state index in [1.807, 2.05) is 0 Å². The van der Waals surface area contributed by atoms with Crippen molar-refractivity contribution in [2.24, 2.45) is 0 Å². The van der Waals surface area contributed by atoms with Crippen molar-refractivity contribution in [3.63, 3.8) is 0 Å². The normalized spacial score (nSPS) is 13.5. The third-order valence-corrected chi connectivity index (χ3v) is 10.9. The molecule has 0 saturated carbocycles. The molecular weight excluding hydrogens is 565 g/mol. The standard InChI is InChI=1S/C47H32/c1-47(2)45-26-30(32-24-25-40(35-16-6-5-15-33(32)35)34-21-11-13-29-12-3-4-14-31(29)34)22-23-41(45)44-27-42-38-19-9-7-17-36(38)37-18-8-10-20-39(37)43(42)28-46(44)47/h3-28H,1-2H3. The van der Waals surface area contributed by atoms with Gasteiger partial charge in [0.2, 0.25) is 0 Å². The predicted octanol–water partition coefficient (Wildman–Crippen LogP) is 13.1. The topological polar surface area (TPSA) is 0 Å². The predicted molar refractivity (Wildman–Crippen MR) is 202 cm³/mol. The van der Waals surface area contributed by atoms with Gasteiger partial charge in [0.1, 0.15) is 0 Å². The van der Waals surface area contributed by atoms with Crippen molar-refractivity contribution in [2.75, 3.05) is 0 Å². The third-order valence-electron chi connectivity index (χ3n) is 10.9. The van der Waals surface area contributed by atoms with E-state index in [2.05, 4.69) is 172 Å². The number of fused-ring (bicyclic) bond motifs is 11. The molecule has 0 heterocycles. The van der Waals surface area contributed by atoms with Gasteiger partial charge in [0.05, 0.1) is 0 Å². The Morgan fingerprint density at radius 3 is 1.47 bits per heavy atom. The van der Waals surface area contributed by atoms with Gasteiger partial charge in [-0.2, -0.15) is 0 Å². The van der Waals surface area contributed by atoms with Gasteiger partial charge in [-0.25, -0.2) is 0 Å². The Balaban J connectivity index is 1.18. The van der Waals surface area contributed by atoms with Crippen molar-refractivity contribution >= 4 is 53.9 Å². The molecule has 0 aliphatic heterocycles. The zero-order chi connectivity index (χ0) is 31.3. The first-order chi connectivity index (χ1) is 23.1. The van der Waals surface area contributed by atoms with Crippen molar-refractivity contribution in [3.05, 3.63) is 169 Å². The zero-order valence-corrected chi connectivity index (χ0v) is 26.5. The molecule has 0 spiro atoms. The van der Waals surface area contributed by atoms with Crippen molar-refractivity contribution in [1.82, 2.24) is 0 Å². The summed E-state index contributed by atoms with van der Waals surface area (Å²) in [5.41, 5.74) is 10.5. The molecule has 0 saturated heterocycles. The molecule has 0 bridgehead atoms. The summed E-state index contributed by atoms with van der Waals surface area (Å²) >= 11 is 0. The highest BCUT2D eigenvalue weighted by Crippen LogP contribution is 2.52. The fraction of sp³-hybridized carbons (Fsp3) is 0.0638. The lowest BCUT2D eigenvalue weighted by Gasteiger charge is -2.23. The van der Waals surface area contributed by atoms with Crippen molar-refractivity contribution < 1.29 is 0 Å². The average molecular weight is 597 g/mol. The molecule has 10 rings (SSSR count). The minimum atomic E-state index is -0.125. The minimum absolute atomic E-state index is 0.125. The Hall–Kier alpha value is -5.72. The fourth-order valence-electron chi connectivity index (χ4n) is 8.55. The molecule has 220 valence electrons. The van der Waals surface area contributed by atoms with Crippen LogP contribution in [0.25, 0.3) is 87.2 Å². The van der Waals surface area contributed by atoms with Crippen LogP contribution in [0.2, 0.25) is 0 Å². The van der Waals surface area contributed by atoms with Crippen LogP contribution >= 0.6 is 0 Å². The maximum atomic E-state index is 2.49. The van der Waals surface area contributed by atoms with E-state index in [0.717, 1.165) is 0 Å². The van der Waals surface area contributed by atoms with Gasteiger partial charge in [0.25, 0.3) is 0 Å². The van der Waals surface area contributed by atoms with Crippen LogP contribution in [-0.2, 0) is 5.41 Å². The maximum absolute atomic E-state index is 2.49. The van der Waals surface area contributed by atoms with Gasteiger partial charge in [-0.1, -0.05) is 153 Å². The Labute approximate surface area is 274 Å². The fourth-order valence-corrected chi connectivity index (χ4v) is 8.55. The van der Waals surface area contributed by atoms with Crippen LogP contribution in [0.5, 0.6) is 0 Å². The van der Waals surface area contributed by atoms with E-state index >= 15 is 0 Å². The average Bonchev–Trinajstić information content (AvgIpc) is 3.35. The molecule has 0 amide bonds. The molecule has 1 aliphatic rings. The van der Waals surface area contributed by atoms with Gasteiger partial charge >= 0.3 is 0 Å². The summed E-state index contributed by atoms with van der Waals surface area (Å²) in [4.78, 5) is 0. The molecular formula is C47H32. The lowest BCUT2D eigenvalue weighted by atomic mass is 9.80. The quantitative estimate of drug-likeness (QED) is 0.174. The molecule has 9 aromatic carbocycles. The molecule has 0 radical (unpaired) electrons. The molecule has 0 atom stereocenters. The van der Waals surface area contributed by atoms with Crippen molar-refractivity contribution in [3.8, 4) is 33.4 Å². The molecule has 47 heavy (non-hydrogen) atoms. The first-order valence-corrected chi connectivity index (χ1v) is 16.6. The summed E-state index contributed by atoms with van der Waals surface area (Å²) in [6, 6.07) is 58.8. The van der Waals surface area contributed by atoms with E-state index in [0.29, 0.717) is 0 Å². The smallest absolute Gasteiger partial charge is 0.0159 e. The summed E-state index contributed by atoms with van der Waals surface area (Å²) < 4.78 is 0. The zero-order valence-electron chi connectivity index (χ0n) is 26.5. The molecule has 0 heteroatoms. The van der Waals surface area contributed by atoms with Crippen LogP contribution in [0.4, 0.5) is 0 Å². The van der Waals surface area contributed by atoms with Crippen molar-refractivity contribution in [2.45, 2.75) is 19.3 Å². The van der Waals surface area contributed by atoms with Crippen molar-refractivity contribution in [1.29, 1.82) is 0 Å². The summed E-state index contributed by atoms with van der Waals surface area (Å²) in [5.74, 6) is 0. The lowest BCUT2D eigenvalue weighted by Crippen LogP contribution is -2.15. The highest BCUT2D eigenvalue weighted by atomic mass is 14.4. The second kappa shape index (κ2) is 9.64. The van der Waals surface area contributed by atoms with Crippen LogP contribution in [-0.4, -0.2) is 0 Å². The number of hydrogen-bond acceptors (Lipinski definition) is 0. The molecule has 0 nitrogen and oxygen atoms in total. The molecule has 1 aliphatic carbocycles. The summed E-state index contributed by atoms with van der Waals surface area (Å²) in [6.45, 7) is 4.80. The maximum Gasteiger partial charge on any atom is 0.0159 e. The van der Waals surface area contributed by atoms with Crippen LogP contribution in [0.15, 0.2) is 158 Å². The van der Waals surface area contributed by atoms with Gasteiger partial charge in [0, 0.05) is 5.41 Å². The Bertz CT molecular complexity index is 2750. The number of benzene rings is 9. The van der Waals surface area contributed by atoms with E-state index in [4.69, 9.17) is 0 Å². The van der Waals surface area contributed by atoms with E-state index < -0.39 is 0 Å². The van der Waals surface area contributed by atoms with E-state index in [9.17, 15) is 0 Å². The highest BCUT2D eigenvalue weighted by Gasteiger charge is 2.36. The van der Waals surface area contributed by atoms with E-state index in [-0.39, 0.29) is 5.41 Å². The van der Waals surface area contributed by atoms with Gasteiger partial charge in [0.15, 0.2) is 0 Å². The van der Waals surface area contributed by atoms with E-state index in [1.54, 1.807) is 0 Å². The van der Waals surface area contributed by atoms with Crippen LogP contribution in [0.1, 0.15) is 25.0 Å². The first kappa shape index (κ1) is 26.5. The Morgan fingerprint density at radius 1 is 0.298 bits per heavy atom. The van der Waals surface area contributed by atoms with Gasteiger partial charge in [-0.15, -0.1) is 0 Å². The molecule has 0 fully saturated rings. The Kier molecular flexibility index (Phi) is 5.44. The molecule has 0 unspecified atom stereocenters. The molecule has 9 aromatic rings.